The van der Waals surface area contributed by atoms with Gasteiger partial charge in [-0.2, -0.15) is 22.5 Å². The zero-order valence-corrected chi connectivity index (χ0v) is 14.2. The lowest BCUT2D eigenvalue weighted by atomic mass is 10.2. The first-order valence-corrected chi connectivity index (χ1v) is 9.93. The van der Waals surface area contributed by atoms with Crippen molar-refractivity contribution < 1.29 is 13.2 Å². The van der Waals surface area contributed by atoms with Gasteiger partial charge in [-0.1, -0.05) is 0 Å². The molecule has 24 heavy (non-hydrogen) atoms. The molecule has 0 spiro atoms. The van der Waals surface area contributed by atoms with Crippen LogP contribution in [-0.2, 0) is 14.9 Å². The first-order chi connectivity index (χ1) is 11.5. The zero-order valence-electron chi connectivity index (χ0n) is 13.4. The molecule has 1 aromatic rings. The smallest absolute Gasteiger partial charge is 0.279 e. The Morgan fingerprint density at radius 1 is 1.17 bits per heavy atom. The molecule has 1 aromatic heterocycles. The van der Waals surface area contributed by atoms with Gasteiger partial charge in [0.15, 0.2) is 0 Å². The summed E-state index contributed by atoms with van der Waals surface area (Å²) in [5, 5.41) is 4.47. The van der Waals surface area contributed by atoms with Crippen LogP contribution in [0, 0.1) is 0 Å². The van der Waals surface area contributed by atoms with E-state index in [2.05, 4.69) is 9.82 Å². The average molecular weight is 354 g/mol. The standard InChI is InChI=1S/C15H22N4O4S/c20-15-6-5-12(11-3-4-11)16-19(15)14-10-23-9-13(14)17-24(21,22)18-7-1-2-8-18/h5-6,11,13-14,17H,1-4,7-10H2. The van der Waals surface area contributed by atoms with Crippen LogP contribution in [0.3, 0.4) is 0 Å². The molecule has 3 fully saturated rings. The van der Waals surface area contributed by atoms with E-state index in [9.17, 15) is 13.2 Å². The van der Waals surface area contributed by atoms with Gasteiger partial charge in [-0.25, -0.2) is 4.68 Å². The molecule has 0 aromatic carbocycles. The van der Waals surface area contributed by atoms with E-state index in [0.29, 0.717) is 19.0 Å². The van der Waals surface area contributed by atoms with Gasteiger partial charge in [0.1, 0.15) is 0 Å². The lowest BCUT2D eigenvalue weighted by Gasteiger charge is -2.23. The summed E-state index contributed by atoms with van der Waals surface area (Å²) >= 11 is 0. The highest BCUT2D eigenvalue weighted by molar-refractivity contribution is 7.87. The van der Waals surface area contributed by atoms with Crippen LogP contribution < -0.4 is 10.3 Å². The number of hydrogen-bond acceptors (Lipinski definition) is 5. The van der Waals surface area contributed by atoms with E-state index in [1.54, 1.807) is 6.07 Å². The van der Waals surface area contributed by atoms with Crippen molar-refractivity contribution in [1.82, 2.24) is 18.8 Å². The summed E-state index contributed by atoms with van der Waals surface area (Å²) in [7, 11) is -3.55. The van der Waals surface area contributed by atoms with Gasteiger partial charge >= 0.3 is 0 Å². The third-order valence-corrected chi connectivity index (χ3v) is 6.56. The van der Waals surface area contributed by atoms with Crippen molar-refractivity contribution in [3.63, 3.8) is 0 Å². The van der Waals surface area contributed by atoms with Gasteiger partial charge in [0.2, 0.25) is 0 Å². The number of rotatable bonds is 5. The number of aromatic nitrogens is 2. The van der Waals surface area contributed by atoms with Crippen LogP contribution >= 0.6 is 0 Å². The molecule has 0 radical (unpaired) electrons. The Morgan fingerprint density at radius 3 is 2.62 bits per heavy atom. The minimum atomic E-state index is -3.55. The lowest BCUT2D eigenvalue weighted by Crippen LogP contribution is -2.48. The molecule has 3 aliphatic rings. The summed E-state index contributed by atoms with van der Waals surface area (Å²) in [5.74, 6) is 0.430. The third-order valence-electron chi connectivity index (χ3n) is 4.91. The van der Waals surface area contributed by atoms with Crippen molar-refractivity contribution in [2.24, 2.45) is 0 Å². The van der Waals surface area contributed by atoms with Crippen molar-refractivity contribution in [3.8, 4) is 0 Å². The molecule has 2 unspecified atom stereocenters. The second kappa shape index (κ2) is 6.21. The second-order valence-corrected chi connectivity index (χ2v) is 8.46. The van der Waals surface area contributed by atoms with E-state index in [4.69, 9.17) is 4.74 Å². The highest BCUT2D eigenvalue weighted by Gasteiger charge is 2.37. The Balaban J connectivity index is 1.56. The Hall–Kier alpha value is -1.29. The molecular formula is C15H22N4O4S. The average Bonchev–Trinajstić information content (AvgIpc) is 3.06. The molecule has 1 saturated carbocycles. The van der Waals surface area contributed by atoms with Gasteiger partial charge in [0, 0.05) is 25.1 Å². The lowest BCUT2D eigenvalue weighted by molar-refractivity contribution is 0.181. The van der Waals surface area contributed by atoms with E-state index in [0.717, 1.165) is 31.4 Å². The maximum absolute atomic E-state index is 12.5. The highest BCUT2D eigenvalue weighted by atomic mass is 32.2. The third kappa shape index (κ3) is 3.13. The molecule has 0 bridgehead atoms. The molecule has 3 heterocycles. The van der Waals surface area contributed by atoms with Crippen molar-refractivity contribution in [2.75, 3.05) is 26.3 Å². The van der Waals surface area contributed by atoms with Gasteiger partial charge in [-0.15, -0.1) is 0 Å². The minimum absolute atomic E-state index is 0.222. The Labute approximate surface area is 141 Å². The molecule has 2 aliphatic heterocycles. The van der Waals surface area contributed by atoms with Crippen LogP contribution in [0.25, 0.3) is 0 Å². The Kier molecular flexibility index (Phi) is 4.19. The van der Waals surface area contributed by atoms with E-state index < -0.39 is 22.3 Å². The van der Waals surface area contributed by atoms with Crippen LogP contribution in [0.1, 0.15) is 43.3 Å². The van der Waals surface area contributed by atoms with Crippen molar-refractivity contribution in [3.05, 3.63) is 28.2 Å². The number of nitrogens with zero attached hydrogens (tertiary/aromatic N) is 3. The first-order valence-electron chi connectivity index (χ1n) is 8.49. The molecule has 2 atom stereocenters. The number of hydrogen-bond donors (Lipinski definition) is 1. The predicted molar refractivity (Wildman–Crippen MR) is 87.0 cm³/mol. The monoisotopic (exact) mass is 354 g/mol. The van der Waals surface area contributed by atoms with E-state index in [-0.39, 0.29) is 18.8 Å². The number of ether oxygens (including phenoxy) is 1. The Bertz CT molecular complexity index is 768. The summed E-state index contributed by atoms with van der Waals surface area (Å²) in [6, 6.07) is 2.41. The summed E-state index contributed by atoms with van der Waals surface area (Å²) < 4.78 is 36.0. The number of nitrogens with one attached hydrogen (secondary N) is 1. The van der Waals surface area contributed by atoms with Crippen LogP contribution in [0.2, 0.25) is 0 Å². The summed E-state index contributed by atoms with van der Waals surface area (Å²) in [6.45, 7) is 1.62. The second-order valence-electron chi connectivity index (χ2n) is 6.76. The quantitative estimate of drug-likeness (QED) is 0.803. The topological polar surface area (TPSA) is 93.5 Å². The predicted octanol–water partition coefficient (Wildman–Crippen LogP) is -0.00920. The molecule has 0 amide bonds. The largest absolute Gasteiger partial charge is 0.377 e. The van der Waals surface area contributed by atoms with Crippen molar-refractivity contribution in [2.45, 2.75) is 43.7 Å². The van der Waals surface area contributed by atoms with Gasteiger partial charge in [0.05, 0.1) is 31.0 Å². The first kappa shape index (κ1) is 16.2. The van der Waals surface area contributed by atoms with Crippen LogP contribution in [0.4, 0.5) is 0 Å². The van der Waals surface area contributed by atoms with Crippen LogP contribution in [0.15, 0.2) is 16.9 Å². The molecule has 132 valence electrons. The fourth-order valence-electron chi connectivity index (χ4n) is 3.37. The highest BCUT2D eigenvalue weighted by Crippen LogP contribution is 2.38. The summed E-state index contributed by atoms with van der Waals surface area (Å²) in [6.07, 6.45) is 3.96. The normalized spacial score (nSPS) is 28.5. The SMILES string of the molecule is O=c1ccc(C2CC2)nn1C1COCC1NS(=O)(=O)N1CCCC1. The fraction of sp³-hybridized carbons (Fsp3) is 0.733. The molecule has 2 saturated heterocycles. The van der Waals surface area contributed by atoms with Gasteiger partial charge < -0.3 is 4.74 Å². The molecule has 1 aliphatic carbocycles. The van der Waals surface area contributed by atoms with Crippen molar-refractivity contribution >= 4 is 10.2 Å². The minimum Gasteiger partial charge on any atom is -0.377 e. The molecule has 9 heteroatoms. The van der Waals surface area contributed by atoms with Gasteiger partial charge in [-0.3, -0.25) is 4.79 Å². The molecule has 1 N–H and O–H groups in total. The van der Waals surface area contributed by atoms with Crippen molar-refractivity contribution in [1.29, 1.82) is 0 Å². The van der Waals surface area contributed by atoms with E-state index in [1.807, 2.05) is 0 Å². The van der Waals surface area contributed by atoms with Gasteiger partial charge in [0.25, 0.3) is 15.8 Å². The van der Waals surface area contributed by atoms with Gasteiger partial charge in [-0.05, 0) is 31.7 Å². The molecule has 8 nitrogen and oxygen atoms in total. The fourth-order valence-corrected chi connectivity index (χ4v) is 4.86. The van der Waals surface area contributed by atoms with Crippen LogP contribution in [0.5, 0.6) is 0 Å². The molecular weight excluding hydrogens is 332 g/mol. The summed E-state index contributed by atoms with van der Waals surface area (Å²) in [4.78, 5) is 12.2. The van der Waals surface area contributed by atoms with Crippen LogP contribution in [-0.4, -0.2) is 54.8 Å². The zero-order chi connectivity index (χ0) is 16.7. The van der Waals surface area contributed by atoms with E-state index in [1.165, 1.54) is 15.1 Å². The Morgan fingerprint density at radius 2 is 1.92 bits per heavy atom. The molecule has 4 rings (SSSR count). The summed E-state index contributed by atoms with van der Waals surface area (Å²) in [5.41, 5.74) is 0.683. The van der Waals surface area contributed by atoms with E-state index >= 15 is 0 Å². The maximum Gasteiger partial charge on any atom is 0.279 e. The maximum atomic E-state index is 12.5.